The molecule has 7 aliphatic rings. The van der Waals surface area contributed by atoms with Gasteiger partial charge < -0.3 is 53.4 Å². The average Bonchev–Trinajstić information content (AvgIpc) is 1.51. The lowest BCUT2D eigenvalue weighted by molar-refractivity contribution is -0.384. The molecule has 6 aromatic rings. The summed E-state index contributed by atoms with van der Waals surface area (Å²) in [6.07, 6.45) is 8.07. The first kappa shape index (κ1) is 55.9. The molecular weight excluding hydrogens is 1090 g/mol. The SMILES string of the molecule is COc1cc(CN2CCN(C3CC4(CCN(c5ccc(C(=O)NS(=O)(=O)c6cc7c(c([N+](=O)[O-])c6)N[C@H](COC(C)C)CO7)c(N6c7cc8cc[nH]c8nc7O[C@H]7COCC[C@@H]76)c5)CC4)C3)[C@H](c3ccccc3C)C2)cnc1N1CCOCC1. The highest BCUT2D eigenvalue weighted by atomic mass is 32.2. The number of rotatable bonds is 15. The fraction of sp³-hybridized carbons (Fsp3) is 0.492. The summed E-state index contributed by atoms with van der Waals surface area (Å²) in [7, 11) is -3.00. The first-order valence-electron chi connectivity index (χ1n) is 29.4. The van der Waals surface area contributed by atoms with Crippen LogP contribution in [0, 0.1) is 22.5 Å². The van der Waals surface area contributed by atoms with Crippen LogP contribution in [0.3, 0.4) is 0 Å². The smallest absolute Gasteiger partial charge is 0.297 e. The van der Waals surface area contributed by atoms with Crippen LogP contribution >= 0.6 is 0 Å². The Morgan fingerprint density at radius 3 is 2.55 bits per heavy atom. The van der Waals surface area contributed by atoms with Crippen molar-refractivity contribution in [2.75, 3.05) is 113 Å². The topological polar surface area (TPSA) is 232 Å². The minimum absolute atomic E-state index is 0.0230. The van der Waals surface area contributed by atoms with E-state index >= 15 is 0 Å². The lowest BCUT2D eigenvalue weighted by Crippen LogP contribution is -2.59. The molecule has 5 fully saturated rings. The number of carbonyl (C=O) groups excluding carboxylic acids is 1. The molecule has 23 heteroatoms. The quantitative estimate of drug-likeness (QED) is 0.0659. The monoisotopic (exact) mass is 1170 g/mol. The molecule has 1 spiro atoms. The van der Waals surface area contributed by atoms with Gasteiger partial charge in [-0.25, -0.2) is 18.1 Å². The van der Waals surface area contributed by atoms with E-state index in [1.807, 2.05) is 44.3 Å². The van der Waals surface area contributed by atoms with Crippen molar-refractivity contribution < 1.29 is 46.6 Å². The highest BCUT2D eigenvalue weighted by Gasteiger charge is 2.50. The number of benzene rings is 3. The number of fused-ring (bicyclic) bond motifs is 4. The number of hydrogen-bond donors (Lipinski definition) is 3. The molecule has 9 heterocycles. The Bertz CT molecular complexity index is 3560. The highest BCUT2D eigenvalue weighted by molar-refractivity contribution is 7.90. The number of H-pyrrole nitrogens is 1. The van der Waals surface area contributed by atoms with Gasteiger partial charge in [0.15, 0.2) is 23.0 Å². The summed E-state index contributed by atoms with van der Waals surface area (Å²) in [6.45, 7) is 15.2. The first-order valence-corrected chi connectivity index (χ1v) is 30.9. The van der Waals surface area contributed by atoms with Gasteiger partial charge >= 0.3 is 0 Å². The number of hydrogen-bond acceptors (Lipinski definition) is 19. The second kappa shape index (κ2) is 23.0. The molecule has 22 nitrogen and oxygen atoms in total. The second-order valence-electron chi connectivity index (χ2n) is 23.8. The van der Waals surface area contributed by atoms with Crippen molar-refractivity contribution in [2.24, 2.45) is 5.41 Å². The summed E-state index contributed by atoms with van der Waals surface area (Å²) in [6, 6.07) is 22.6. The predicted molar refractivity (Wildman–Crippen MR) is 317 cm³/mol. The van der Waals surface area contributed by atoms with Gasteiger partial charge in [0.1, 0.15) is 24.0 Å². The zero-order chi connectivity index (χ0) is 57.9. The number of piperidine rings is 1. The van der Waals surface area contributed by atoms with E-state index in [1.54, 1.807) is 19.4 Å². The highest BCUT2D eigenvalue weighted by Crippen LogP contribution is 2.54. The number of methoxy groups -OCH3 is 1. The van der Waals surface area contributed by atoms with Gasteiger partial charge in [-0.15, -0.1) is 0 Å². The number of nitro groups is 1. The van der Waals surface area contributed by atoms with E-state index in [-0.39, 0.29) is 60.4 Å². The first-order chi connectivity index (χ1) is 40.7. The van der Waals surface area contributed by atoms with Gasteiger partial charge in [-0.1, -0.05) is 24.3 Å². The van der Waals surface area contributed by atoms with Crippen molar-refractivity contribution >= 4 is 61.2 Å². The summed E-state index contributed by atoms with van der Waals surface area (Å²) >= 11 is 0. The van der Waals surface area contributed by atoms with E-state index in [9.17, 15) is 23.3 Å². The standard InChI is InChI=1S/C61H73N11O11S/c1-38(2)81-35-42-36-82-53-29-45(28-50(72(74)75)56(53)64-42)84(76,77)66-59(73)47-10-9-43(27-49(47)71-48-12-22-80-37-55(48)83-60-51(71)26-41-11-15-62-57(41)65-60)68-16-13-61(14-17-68)30-44(31-61)70-19-18-67(34-52(70)46-8-6-5-7-39(46)3)33-40-25-54(78-4)58(63-32-40)69-20-23-79-24-21-69/h5-11,15,25-29,32,38,42,44,48,52,55,64H,12-14,16-24,30-31,33-37H2,1-4H3,(H,62,65)(H,66,73)/t42-,48+,52+,55+/m1/s1. The number of sulfonamides is 1. The average molecular weight is 1170 g/mol. The molecule has 0 radical (unpaired) electrons. The van der Waals surface area contributed by atoms with E-state index in [0.717, 1.165) is 112 Å². The molecule has 0 bridgehead atoms. The Balaban J connectivity index is 0.749. The van der Waals surface area contributed by atoms with Gasteiger partial charge in [0.05, 0.1) is 72.8 Å². The Labute approximate surface area is 488 Å². The van der Waals surface area contributed by atoms with Crippen LogP contribution in [0.2, 0.25) is 0 Å². The third-order valence-corrected chi connectivity index (χ3v) is 19.5. The van der Waals surface area contributed by atoms with Gasteiger partial charge in [-0.2, -0.15) is 4.98 Å². The molecule has 84 heavy (non-hydrogen) atoms. The summed E-state index contributed by atoms with van der Waals surface area (Å²) in [5.41, 5.74) is 6.26. The van der Waals surface area contributed by atoms with Crippen molar-refractivity contribution in [3.05, 3.63) is 118 Å². The molecule has 0 unspecified atom stereocenters. The largest absolute Gasteiger partial charge is 0.493 e. The number of aromatic amines is 1. The number of aryl methyl sites for hydroxylation is 1. The zero-order valence-electron chi connectivity index (χ0n) is 48.0. The number of aromatic nitrogens is 3. The van der Waals surface area contributed by atoms with Gasteiger partial charge in [-0.3, -0.25) is 24.7 Å². The van der Waals surface area contributed by atoms with Crippen LogP contribution < -0.4 is 38.9 Å². The van der Waals surface area contributed by atoms with Crippen molar-refractivity contribution in [3.8, 4) is 17.4 Å². The zero-order valence-corrected chi connectivity index (χ0v) is 48.8. The van der Waals surface area contributed by atoms with Crippen molar-refractivity contribution in [1.82, 2.24) is 29.5 Å². The van der Waals surface area contributed by atoms with Crippen molar-refractivity contribution in [1.29, 1.82) is 0 Å². The number of pyridine rings is 2. The van der Waals surface area contributed by atoms with E-state index < -0.39 is 43.6 Å². The maximum absolute atomic E-state index is 14.9. The summed E-state index contributed by atoms with van der Waals surface area (Å²) < 4.78 is 66.7. The molecule has 13 rings (SSSR count). The van der Waals surface area contributed by atoms with Crippen LogP contribution in [0.5, 0.6) is 17.4 Å². The number of piperazine rings is 1. The number of anilines is 5. The molecule has 4 saturated heterocycles. The van der Waals surface area contributed by atoms with Crippen LogP contribution in [-0.4, -0.2) is 167 Å². The van der Waals surface area contributed by atoms with E-state index in [4.69, 9.17) is 38.4 Å². The molecule has 1 saturated carbocycles. The number of ether oxygens (including phenoxy) is 6. The molecule has 4 atom stereocenters. The third-order valence-electron chi connectivity index (χ3n) is 18.2. The predicted octanol–water partition coefficient (Wildman–Crippen LogP) is 7.73. The maximum atomic E-state index is 14.9. The van der Waals surface area contributed by atoms with Crippen molar-refractivity contribution in [2.45, 2.75) is 101 Å². The van der Waals surface area contributed by atoms with Crippen LogP contribution in [0.4, 0.5) is 34.3 Å². The molecule has 1 amide bonds. The Kier molecular flexibility index (Phi) is 15.3. The molecule has 3 N–H and O–H groups in total. The Morgan fingerprint density at radius 1 is 0.940 bits per heavy atom. The van der Waals surface area contributed by atoms with Crippen LogP contribution in [0.1, 0.15) is 79.0 Å². The van der Waals surface area contributed by atoms with Gasteiger partial charge in [0, 0.05) is 107 Å². The lowest BCUT2D eigenvalue weighted by atomic mass is 9.59. The molecule has 3 aromatic heterocycles. The lowest BCUT2D eigenvalue weighted by Gasteiger charge is -2.58. The molecule has 3 aromatic carbocycles. The number of carbonyl (C=O) groups is 1. The van der Waals surface area contributed by atoms with E-state index in [0.29, 0.717) is 55.2 Å². The van der Waals surface area contributed by atoms with E-state index in [1.165, 1.54) is 17.2 Å². The van der Waals surface area contributed by atoms with E-state index in [2.05, 4.69) is 76.8 Å². The third kappa shape index (κ3) is 10.9. The number of morpholine rings is 1. The maximum Gasteiger partial charge on any atom is 0.297 e. The van der Waals surface area contributed by atoms with Crippen LogP contribution in [0.25, 0.3) is 11.0 Å². The minimum Gasteiger partial charge on any atom is -0.493 e. The molecule has 1 aliphatic carbocycles. The fourth-order valence-electron chi connectivity index (χ4n) is 13.7. The van der Waals surface area contributed by atoms with Crippen LogP contribution in [0.15, 0.2) is 90.1 Å². The summed E-state index contributed by atoms with van der Waals surface area (Å²) in [4.78, 5) is 51.2. The number of nitro benzene ring substituents is 1. The molecular formula is C61H73N11O11S. The second-order valence-corrected chi connectivity index (χ2v) is 25.5. The van der Waals surface area contributed by atoms with Crippen molar-refractivity contribution in [3.63, 3.8) is 0 Å². The Morgan fingerprint density at radius 2 is 1.76 bits per heavy atom. The fourth-order valence-corrected chi connectivity index (χ4v) is 14.7. The normalized spacial score (nSPS) is 22.8. The molecule has 444 valence electrons. The van der Waals surface area contributed by atoms with Gasteiger partial charge in [0.25, 0.3) is 21.6 Å². The van der Waals surface area contributed by atoms with Gasteiger partial charge in [-0.05, 0) is 111 Å². The molecule has 6 aliphatic heterocycles. The number of amides is 1. The van der Waals surface area contributed by atoms with Gasteiger partial charge in [0.2, 0.25) is 5.88 Å². The summed E-state index contributed by atoms with van der Waals surface area (Å²) in [5.74, 6) is 1.09. The van der Waals surface area contributed by atoms with Crippen LogP contribution in [-0.2, 0) is 30.8 Å². The Hall–Kier alpha value is -7.28. The summed E-state index contributed by atoms with van der Waals surface area (Å²) in [5, 5.41) is 16.4. The number of nitrogens with zero attached hydrogens (tertiary/aromatic N) is 8. The minimum atomic E-state index is -4.73. The number of nitrogens with one attached hydrogen (secondary N) is 3.